The average Bonchev–Trinajstić information content (AvgIpc) is 2.92. The zero-order valence-electron chi connectivity index (χ0n) is 12.8. The molecule has 2 rings (SSSR count). The molecule has 23 heavy (non-hydrogen) atoms. The molecule has 2 aromatic rings. The molecule has 0 aliphatic carbocycles. The summed E-state index contributed by atoms with van der Waals surface area (Å²) >= 11 is 0. The largest absolute Gasteiger partial charge is 0.481 e. The van der Waals surface area contributed by atoms with Crippen molar-refractivity contribution >= 4 is 28.7 Å². The number of carboxylic acids is 1. The highest BCUT2D eigenvalue weighted by atomic mass is 16.4. The van der Waals surface area contributed by atoms with Crippen LogP contribution in [0.3, 0.4) is 0 Å². The van der Waals surface area contributed by atoms with Gasteiger partial charge >= 0.3 is 5.97 Å². The Balaban J connectivity index is 2.17. The van der Waals surface area contributed by atoms with E-state index in [0.29, 0.717) is 0 Å². The van der Waals surface area contributed by atoms with Crippen LogP contribution in [0.25, 0.3) is 10.9 Å². The molecule has 1 aromatic heterocycles. The molecule has 7 heteroatoms. The summed E-state index contributed by atoms with van der Waals surface area (Å²) in [6, 6.07) is 6.80. The van der Waals surface area contributed by atoms with E-state index in [4.69, 9.17) is 10.8 Å². The number of nitrogens with one attached hydrogen (secondary N) is 1. The van der Waals surface area contributed by atoms with Crippen molar-refractivity contribution < 1.29 is 19.5 Å². The van der Waals surface area contributed by atoms with Gasteiger partial charge in [-0.05, 0) is 11.6 Å². The number of aromatic amines is 1. The number of aliphatic carboxylic acids is 1. The van der Waals surface area contributed by atoms with Crippen LogP contribution in [0.4, 0.5) is 0 Å². The number of fused-ring (bicyclic) bond motifs is 1. The van der Waals surface area contributed by atoms with Gasteiger partial charge in [-0.3, -0.25) is 14.4 Å². The molecule has 7 nitrogen and oxygen atoms in total. The Morgan fingerprint density at radius 2 is 1.96 bits per heavy atom. The summed E-state index contributed by atoms with van der Waals surface area (Å²) < 4.78 is 0. The first-order chi connectivity index (χ1) is 10.9. The maximum Gasteiger partial charge on any atom is 0.303 e. The summed E-state index contributed by atoms with van der Waals surface area (Å²) in [7, 11) is 1.47. The van der Waals surface area contributed by atoms with Crippen LogP contribution >= 0.6 is 0 Å². The highest BCUT2D eigenvalue weighted by Gasteiger charge is 2.26. The molecular formula is C16H19N3O4. The van der Waals surface area contributed by atoms with Gasteiger partial charge in [0.1, 0.15) is 6.04 Å². The molecule has 0 bridgehead atoms. The van der Waals surface area contributed by atoms with Crippen LogP contribution in [0.15, 0.2) is 30.5 Å². The summed E-state index contributed by atoms with van der Waals surface area (Å²) in [5.74, 6) is -2.10. The van der Waals surface area contributed by atoms with E-state index >= 15 is 0 Å². The zero-order chi connectivity index (χ0) is 17.0. The lowest BCUT2D eigenvalue weighted by Crippen LogP contribution is -2.47. The van der Waals surface area contributed by atoms with E-state index in [0.717, 1.165) is 16.5 Å². The predicted molar refractivity (Wildman–Crippen MR) is 84.6 cm³/mol. The van der Waals surface area contributed by atoms with E-state index in [2.05, 4.69) is 4.98 Å². The van der Waals surface area contributed by atoms with E-state index in [9.17, 15) is 14.4 Å². The number of hydrogen-bond acceptors (Lipinski definition) is 3. The van der Waals surface area contributed by atoms with Gasteiger partial charge in [0, 0.05) is 37.0 Å². The third kappa shape index (κ3) is 3.88. The lowest BCUT2D eigenvalue weighted by Gasteiger charge is -2.25. The van der Waals surface area contributed by atoms with E-state index in [-0.39, 0.29) is 19.3 Å². The number of amides is 2. The van der Waals surface area contributed by atoms with Crippen molar-refractivity contribution in [3.8, 4) is 0 Å². The summed E-state index contributed by atoms with van der Waals surface area (Å²) in [5.41, 5.74) is 7.25. The minimum Gasteiger partial charge on any atom is -0.481 e. The molecule has 1 heterocycles. The van der Waals surface area contributed by atoms with E-state index < -0.39 is 23.8 Å². The van der Waals surface area contributed by atoms with Crippen molar-refractivity contribution in [3.63, 3.8) is 0 Å². The molecule has 0 aliphatic heterocycles. The third-order valence-electron chi connectivity index (χ3n) is 3.83. The summed E-state index contributed by atoms with van der Waals surface area (Å²) in [5, 5.41) is 9.61. The zero-order valence-corrected chi connectivity index (χ0v) is 12.8. The molecule has 2 amide bonds. The number of primary amides is 1. The van der Waals surface area contributed by atoms with Gasteiger partial charge in [0.2, 0.25) is 11.8 Å². The van der Waals surface area contributed by atoms with Gasteiger partial charge in [-0.2, -0.15) is 0 Å². The summed E-state index contributed by atoms with van der Waals surface area (Å²) in [6.07, 6.45) is 1.62. The highest BCUT2D eigenvalue weighted by molar-refractivity contribution is 5.89. The first-order valence-electron chi connectivity index (χ1n) is 7.22. The lowest BCUT2D eigenvalue weighted by molar-refractivity contribution is -0.142. The first-order valence-corrected chi connectivity index (χ1v) is 7.22. The summed E-state index contributed by atoms with van der Waals surface area (Å²) in [4.78, 5) is 38.7. The number of nitrogens with two attached hydrogens (primary N) is 1. The molecule has 1 atom stereocenters. The first kappa shape index (κ1) is 16.5. The number of aromatic nitrogens is 1. The Labute approximate surface area is 133 Å². The quantitative estimate of drug-likeness (QED) is 0.703. The third-order valence-corrected chi connectivity index (χ3v) is 3.83. The maximum absolute atomic E-state index is 12.0. The second-order valence-electron chi connectivity index (χ2n) is 5.38. The fourth-order valence-electron chi connectivity index (χ4n) is 2.50. The van der Waals surface area contributed by atoms with Gasteiger partial charge in [0.25, 0.3) is 0 Å². The lowest BCUT2D eigenvalue weighted by atomic mass is 10.0. The topological polar surface area (TPSA) is 116 Å². The van der Waals surface area contributed by atoms with Gasteiger partial charge in [-0.15, -0.1) is 0 Å². The minimum atomic E-state index is -1.06. The van der Waals surface area contributed by atoms with Crippen molar-refractivity contribution in [2.24, 2.45) is 5.73 Å². The molecule has 0 unspecified atom stereocenters. The molecule has 0 fully saturated rings. The number of carboxylic acid groups (broad SMARTS) is 1. The smallest absolute Gasteiger partial charge is 0.303 e. The standard InChI is InChI=1S/C16H19N3O4/c1-19(14(20)6-7-15(21)22)13(16(17)23)8-10-9-18-12-5-3-2-4-11(10)12/h2-5,9,13,18H,6-8H2,1H3,(H2,17,23)(H,21,22)/t13-/m0/s1. The van der Waals surface area contributed by atoms with Crippen molar-refractivity contribution in [3.05, 3.63) is 36.0 Å². The molecule has 0 radical (unpaired) electrons. The number of likely N-dealkylation sites (N-methyl/N-ethyl adjacent to an activating group) is 1. The average molecular weight is 317 g/mol. The van der Waals surface area contributed by atoms with Gasteiger partial charge in [-0.25, -0.2) is 0 Å². The SMILES string of the molecule is CN(C(=O)CCC(=O)O)[C@@H](Cc1c[nH]c2ccccc12)C(N)=O. The molecule has 0 aliphatic rings. The van der Waals surface area contributed by atoms with Crippen LogP contribution < -0.4 is 5.73 Å². The Bertz CT molecular complexity index is 738. The Hall–Kier alpha value is -2.83. The fraction of sp³-hybridized carbons (Fsp3) is 0.312. The number of H-pyrrole nitrogens is 1. The second kappa shape index (κ2) is 6.95. The van der Waals surface area contributed by atoms with Crippen LogP contribution in [0, 0.1) is 0 Å². The molecule has 0 spiro atoms. The van der Waals surface area contributed by atoms with Crippen molar-refractivity contribution in [2.75, 3.05) is 7.05 Å². The molecule has 1 aromatic carbocycles. The van der Waals surface area contributed by atoms with E-state index in [1.807, 2.05) is 24.3 Å². The van der Waals surface area contributed by atoms with Crippen molar-refractivity contribution in [1.82, 2.24) is 9.88 Å². The Kier molecular flexibility index (Phi) is 5.00. The summed E-state index contributed by atoms with van der Waals surface area (Å²) in [6.45, 7) is 0. The van der Waals surface area contributed by atoms with Crippen molar-refractivity contribution in [2.45, 2.75) is 25.3 Å². The van der Waals surface area contributed by atoms with E-state index in [1.165, 1.54) is 11.9 Å². The van der Waals surface area contributed by atoms with Gasteiger partial charge < -0.3 is 20.7 Å². The van der Waals surface area contributed by atoms with E-state index in [1.54, 1.807) is 6.20 Å². The number of carbonyl (C=O) groups excluding carboxylic acids is 2. The molecule has 0 saturated carbocycles. The number of rotatable bonds is 7. The van der Waals surface area contributed by atoms with Crippen LogP contribution in [0.1, 0.15) is 18.4 Å². The molecule has 122 valence electrons. The number of hydrogen-bond donors (Lipinski definition) is 3. The number of para-hydroxylation sites is 1. The van der Waals surface area contributed by atoms with Gasteiger partial charge in [0.05, 0.1) is 6.42 Å². The van der Waals surface area contributed by atoms with Crippen molar-refractivity contribution in [1.29, 1.82) is 0 Å². The second-order valence-corrected chi connectivity index (χ2v) is 5.38. The molecular weight excluding hydrogens is 298 g/mol. The molecule has 4 N–H and O–H groups in total. The maximum atomic E-state index is 12.0. The van der Waals surface area contributed by atoms with Crippen LogP contribution in [-0.2, 0) is 20.8 Å². The van der Waals surface area contributed by atoms with Crippen LogP contribution in [0.2, 0.25) is 0 Å². The number of nitrogens with zero attached hydrogens (tertiary/aromatic N) is 1. The monoisotopic (exact) mass is 317 g/mol. The highest BCUT2D eigenvalue weighted by Crippen LogP contribution is 2.20. The Morgan fingerprint density at radius 3 is 2.61 bits per heavy atom. The minimum absolute atomic E-state index is 0.163. The van der Waals surface area contributed by atoms with Crippen LogP contribution in [-0.4, -0.2) is 45.9 Å². The Morgan fingerprint density at radius 1 is 1.26 bits per heavy atom. The number of benzene rings is 1. The van der Waals surface area contributed by atoms with Gasteiger partial charge in [-0.1, -0.05) is 18.2 Å². The fourth-order valence-corrected chi connectivity index (χ4v) is 2.50. The van der Waals surface area contributed by atoms with Crippen LogP contribution in [0.5, 0.6) is 0 Å². The molecule has 0 saturated heterocycles. The van der Waals surface area contributed by atoms with Gasteiger partial charge in [0.15, 0.2) is 0 Å². The predicted octanol–water partition coefficient (Wildman–Crippen LogP) is 0.887. The normalized spacial score (nSPS) is 12.0. The number of carbonyl (C=O) groups is 3.